The lowest BCUT2D eigenvalue weighted by Crippen LogP contribution is -2.22. The van der Waals surface area contributed by atoms with Gasteiger partial charge < -0.3 is 10.3 Å². The molecule has 1 amide bonds. The molecule has 0 radical (unpaired) electrons. The summed E-state index contributed by atoms with van der Waals surface area (Å²) < 4.78 is 29.0. The van der Waals surface area contributed by atoms with Crippen LogP contribution in [0.25, 0.3) is 33.5 Å². The van der Waals surface area contributed by atoms with Crippen molar-refractivity contribution in [1.82, 2.24) is 19.5 Å². The van der Waals surface area contributed by atoms with Crippen LogP contribution in [0.1, 0.15) is 17.9 Å². The largest absolute Gasteiger partial charge is 0.369 e. The number of fused-ring (bicyclic) bond motifs is 1. The minimum absolute atomic E-state index is 0.358. The number of halogens is 2. The van der Waals surface area contributed by atoms with Crippen LogP contribution >= 0.6 is 0 Å². The van der Waals surface area contributed by atoms with E-state index in [9.17, 15) is 13.6 Å². The maximum absolute atomic E-state index is 13.6. The number of nitrogens with two attached hydrogens (primary N) is 1. The number of aromatic nitrogens is 4. The smallest absolute Gasteiger partial charge is 0.225 e. The summed E-state index contributed by atoms with van der Waals surface area (Å²) in [5.74, 6) is -1.67. The molecule has 5 aromatic rings. The number of hydrogen-bond acceptors (Lipinski definition) is 4. The molecular weight excluding hydrogens is 448 g/mol. The van der Waals surface area contributed by atoms with Crippen molar-refractivity contribution in [1.29, 1.82) is 0 Å². The van der Waals surface area contributed by atoms with E-state index in [4.69, 9.17) is 15.7 Å². The van der Waals surface area contributed by atoms with Gasteiger partial charge in [0.25, 0.3) is 0 Å². The molecule has 0 bridgehead atoms. The van der Waals surface area contributed by atoms with Gasteiger partial charge in [-0.25, -0.2) is 23.7 Å². The van der Waals surface area contributed by atoms with Gasteiger partial charge in [-0.15, -0.1) is 0 Å². The van der Waals surface area contributed by atoms with E-state index in [1.54, 1.807) is 42.9 Å². The molecule has 0 unspecified atom stereocenters. The summed E-state index contributed by atoms with van der Waals surface area (Å²) in [6, 6.07) is 17.4. The molecule has 5 rings (SSSR count). The van der Waals surface area contributed by atoms with Crippen molar-refractivity contribution in [2.45, 2.75) is 18.9 Å². The Morgan fingerprint density at radius 1 is 0.857 bits per heavy atom. The van der Waals surface area contributed by atoms with Crippen molar-refractivity contribution < 1.29 is 13.6 Å². The standard InChI is InChI=1S/C27H21F2N5O/c28-20-6-1-17(2-7-20)25-26(18-3-8-21(29)9-4-18)33-24-15-19(5-10-23(24)32-25)22(27(30)35)11-13-34-14-12-31-16-34/h1-10,12,14-16,22H,11,13H2,(H2,30,35)/t22-/m1/s1. The van der Waals surface area contributed by atoms with E-state index in [0.717, 1.165) is 5.56 Å². The molecule has 2 aromatic heterocycles. The Morgan fingerprint density at radius 2 is 1.46 bits per heavy atom. The van der Waals surface area contributed by atoms with Crippen molar-refractivity contribution >= 4 is 16.9 Å². The highest BCUT2D eigenvalue weighted by molar-refractivity contribution is 5.88. The number of nitrogens with zero attached hydrogens (tertiary/aromatic N) is 4. The zero-order valence-electron chi connectivity index (χ0n) is 18.6. The van der Waals surface area contributed by atoms with Gasteiger partial charge in [0.15, 0.2) is 0 Å². The van der Waals surface area contributed by atoms with Gasteiger partial charge >= 0.3 is 0 Å². The highest BCUT2D eigenvalue weighted by atomic mass is 19.1. The second-order valence-electron chi connectivity index (χ2n) is 8.23. The molecular formula is C27H21F2N5O. The molecule has 0 saturated heterocycles. The van der Waals surface area contributed by atoms with Gasteiger partial charge in [0.1, 0.15) is 11.6 Å². The quantitative estimate of drug-likeness (QED) is 0.359. The van der Waals surface area contributed by atoms with Gasteiger partial charge in [-0.2, -0.15) is 0 Å². The van der Waals surface area contributed by atoms with E-state index in [-0.39, 0.29) is 11.6 Å². The van der Waals surface area contributed by atoms with Crippen LogP contribution in [0.5, 0.6) is 0 Å². The monoisotopic (exact) mass is 469 g/mol. The molecule has 8 heteroatoms. The summed E-state index contributed by atoms with van der Waals surface area (Å²) in [5.41, 5.74) is 10.1. The van der Waals surface area contributed by atoms with Crippen LogP contribution in [-0.2, 0) is 11.3 Å². The number of hydrogen-bond donors (Lipinski definition) is 1. The number of amides is 1. The molecule has 0 fully saturated rings. The van der Waals surface area contributed by atoms with Gasteiger partial charge in [0.2, 0.25) is 5.91 Å². The normalized spacial score (nSPS) is 12.1. The first-order chi connectivity index (χ1) is 17.0. The van der Waals surface area contributed by atoms with Crippen LogP contribution in [0.4, 0.5) is 8.78 Å². The van der Waals surface area contributed by atoms with Gasteiger partial charge in [0.05, 0.1) is 34.7 Å². The van der Waals surface area contributed by atoms with Crippen LogP contribution in [0, 0.1) is 11.6 Å². The Kier molecular flexibility index (Phi) is 6.01. The SMILES string of the molecule is NC(=O)[C@H](CCn1ccnc1)c1ccc2nc(-c3ccc(F)cc3)c(-c3ccc(F)cc3)nc2c1. The van der Waals surface area contributed by atoms with Crippen LogP contribution in [0.2, 0.25) is 0 Å². The van der Waals surface area contributed by atoms with Crippen LogP contribution in [0.3, 0.4) is 0 Å². The molecule has 2 heterocycles. The number of carbonyl (C=O) groups excluding carboxylic acids is 1. The minimum atomic E-state index is -0.519. The van der Waals surface area contributed by atoms with E-state index >= 15 is 0 Å². The van der Waals surface area contributed by atoms with Crippen molar-refractivity contribution in [3.05, 3.63) is 103 Å². The van der Waals surface area contributed by atoms with Crippen LogP contribution < -0.4 is 5.73 Å². The number of primary amides is 1. The number of aryl methyl sites for hydroxylation is 1. The number of benzene rings is 3. The third kappa shape index (κ3) is 4.77. The van der Waals surface area contributed by atoms with Crippen molar-refractivity contribution in [2.75, 3.05) is 0 Å². The van der Waals surface area contributed by atoms with Crippen molar-refractivity contribution in [3.63, 3.8) is 0 Å². The lowest BCUT2D eigenvalue weighted by Gasteiger charge is -2.16. The molecule has 0 aliphatic carbocycles. The van der Waals surface area contributed by atoms with E-state index in [1.165, 1.54) is 24.3 Å². The van der Waals surface area contributed by atoms with Crippen LogP contribution in [0.15, 0.2) is 85.5 Å². The Bertz CT molecular complexity index is 1480. The minimum Gasteiger partial charge on any atom is -0.369 e. The zero-order valence-corrected chi connectivity index (χ0v) is 18.6. The summed E-state index contributed by atoms with van der Waals surface area (Å²) >= 11 is 0. The predicted molar refractivity (Wildman–Crippen MR) is 129 cm³/mol. The van der Waals surface area contributed by atoms with Gasteiger partial charge in [-0.1, -0.05) is 6.07 Å². The first kappa shape index (κ1) is 22.3. The lowest BCUT2D eigenvalue weighted by atomic mass is 9.94. The first-order valence-corrected chi connectivity index (χ1v) is 11.1. The van der Waals surface area contributed by atoms with Crippen molar-refractivity contribution in [2.24, 2.45) is 5.73 Å². The Hall–Kier alpha value is -4.46. The maximum atomic E-state index is 13.6. The second kappa shape index (κ2) is 9.42. The van der Waals surface area contributed by atoms with E-state index < -0.39 is 11.8 Å². The Balaban J connectivity index is 1.60. The molecule has 1 atom stereocenters. The highest BCUT2D eigenvalue weighted by Gasteiger charge is 2.20. The third-order valence-corrected chi connectivity index (χ3v) is 5.90. The molecule has 2 N–H and O–H groups in total. The maximum Gasteiger partial charge on any atom is 0.225 e. The topological polar surface area (TPSA) is 86.7 Å². The van der Waals surface area contributed by atoms with Crippen molar-refractivity contribution in [3.8, 4) is 22.5 Å². The summed E-state index contributed by atoms with van der Waals surface area (Å²) in [5, 5.41) is 0. The Labute approximate surface area is 200 Å². The molecule has 3 aromatic carbocycles. The highest BCUT2D eigenvalue weighted by Crippen LogP contribution is 2.32. The summed E-state index contributed by atoms with van der Waals surface area (Å²) in [6.07, 6.45) is 5.70. The fraction of sp³-hybridized carbons (Fsp3) is 0.111. The van der Waals surface area contributed by atoms with Gasteiger partial charge in [0, 0.05) is 30.1 Å². The molecule has 6 nitrogen and oxygen atoms in total. The molecule has 0 aliphatic rings. The fourth-order valence-electron chi connectivity index (χ4n) is 4.08. The predicted octanol–water partition coefficient (Wildman–Crippen LogP) is 5.10. The number of carbonyl (C=O) groups is 1. The Morgan fingerprint density at radius 3 is 2.00 bits per heavy atom. The number of rotatable bonds is 7. The molecule has 0 aliphatic heterocycles. The molecule has 0 spiro atoms. The lowest BCUT2D eigenvalue weighted by molar-refractivity contribution is -0.119. The first-order valence-electron chi connectivity index (χ1n) is 11.1. The van der Waals surface area contributed by atoms with Gasteiger partial charge in [-0.05, 0) is 72.6 Å². The second-order valence-corrected chi connectivity index (χ2v) is 8.23. The summed E-state index contributed by atoms with van der Waals surface area (Å²) in [7, 11) is 0. The van der Waals surface area contributed by atoms with Crippen LogP contribution in [-0.4, -0.2) is 25.4 Å². The fourth-order valence-corrected chi connectivity index (χ4v) is 4.08. The van der Waals surface area contributed by atoms with E-state index in [0.29, 0.717) is 46.5 Å². The summed E-state index contributed by atoms with van der Waals surface area (Å²) in [4.78, 5) is 25.9. The zero-order chi connectivity index (χ0) is 24.4. The average Bonchev–Trinajstić information content (AvgIpc) is 3.38. The third-order valence-electron chi connectivity index (χ3n) is 5.90. The van der Waals surface area contributed by atoms with E-state index in [1.807, 2.05) is 22.9 Å². The summed E-state index contributed by atoms with van der Waals surface area (Å²) in [6.45, 7) is 0.585. The molecule has 174 valence electrons. The molecule has 0 saturated carbocycles. The van der Waals surface area contributed by atoms with Gasteiger partial charge in [-0.3, -0.25) is 4.79 Å². The van der Waals surface area contributed by atoms with E-state index in [2.05, 4.69) is 4.98 Å². The average molecular weight is 469 g/mol. The molecule has 35 heavy (non-hydrogen) atoms. The number of imidazole rings is 1.